The molecule has 2 heteroatoms. The van der Waals surface area contributed by atoms with Crippen molar-refractivity contribution in [1.29, 1.82) is 0 Å². The number of hydrogen-bond donors (Lipinski definition) is 0. The van der Waals surface area contributed by atoms with E-state index in [1.807, 2.05) is 0 Å². The molecule has 3 rings (SSSR count). The highest BCUT2D eigenvalue weighted by molar-refractivity contribution is 7.90. The van der Waals surface area contributed by atoms with Gasteiger partial charge in [0, 0.05) is 11.1 Å². The van der Waals surface area contributed by atoms with E-state index in [1.165, 1.54) is 22.3 Å². The molecule has 0 spiro atoms. The van der Waals surface area contributed by atoms with Crippen LogP contribution in [0.25, 0.3) is 11.1 Å². The SMILES string of the molecule is CCc1ccc2c(c1)[S+]([O-])Cc1cc(C)ccc1-2. The van der Waals surface area contributed by atoms with Gasteiger partial charge in [0.15, 0.2) is 4.90 Å². The van der Waals surface area contributed by atoms with E-state index in [0.29, 0.717) is 5.75 Å². The van der Waals surface area contributed by atoms with Gasteiger partial charge in [-0.25, -0.2) is 0 Å². The lowest BCUT2D eigenvalue weighted by molar-refractivity contribution is 0.593. The van der Waals surface area contributed by atoms with Gasteiger partial charge in [0.25, 0.3) is 0 Å². The van der Waals surface area contributed by atoms with Crippen molar-refractivity contribution in [3.05, 3.63) is 53.1 Å². The summed E-state index contributed by atoms with van der Waals surface area (Å²) in [4.78, 5) is 1.01. The van der Waals surface area contributed by atoms with Gasteiger partial charge in [0.2, 0.25) is 0 Å². The van der Waals surface area contributed by atoms with Crippen LogP contribution in [0.1, 0.15) is 23.6 Å². The van der Waals surface area contributed by atoms with Crippen LogP contribution in [-0.2, 0) is 23.3 Å². The molecule has 1 heterocycles. The molecule has 0 N–H and O–H groups in total. The zero-order chi connectivity index (χ0) is 12.7. The minimum absolute atomic E-state index is 0.650. The molecule has 1 nitrogen and oxygen atoms in total. The number of benzene rings is 2. The minimum Gasteiger partial charge on any atom is -0.611 e. The van der Waals surface area contributed by atoms with E-state index < -0.39 is 11.2 Å². The molecule has 1 unspecified atom stereocenters. The highest BCUT2D eigenvalue weighted by atomic mass is 32.2. The van der Waals surface area contributed by atoms with Gasteiger partial charge in [-0.1, -0.05) is 36.8 Å². The summed E-state index contributed by atoms with van der Waals surface area (Å²) in [7, 11) is 0. The predicted octanol–water partition coefficient (Wildman–Crippen LogP) is 3.85. The summed E-state index contributed by atoms with van der Waals surface area (Å²) in [5.74, 6) is 0.650. The first kappa shape index (κ1) is 11.8. The van der Waals surface area contributed by atoms with Gasteiger partial charge in [-0.2, -0.15) is 0 Å². The molecule has 0 aromatic heterocycles. The largest absolute Gasteiger partial charge is 0.611 e. The third-order valence-corrected chi connectivity index (χ3v) is 4.94. The molecule has 0 radical (unpaired) electrons. The predicted molar refractivity (Wildman–Crippen MR) is 76.1 cm³/mol. The number of rotatable bonds is 1. The summed E-state index contributed by atoms with van der Waals surface area (Å²) in [5, 5.41) is 0. The maximum Gasteiger partial charge on any atom is 0.161 e. The fourth-order valence-electron chi connectivity index (χ4n) is 2.52. The maximum absolute atomic E-state index is 12.3. The Kier molecular flexibility index (Phi) is 2.92. The Balaban J connectivity index is 2.21. The van der Waals surface area contributed by atoms with Crippen LogP contribution in [0.4, 0.5) is 0 Å². The zero-order valence-corrected chi connectivity index (χ0v) is 11.5. The molecular formula is C16H16OS. The zero-order valence-electron chi connectivity index (χ0n) is 10.7. The fourth-order valence-corrected chi connectivity index (χ4v) is 3.90. The number of fused-ring (bicyclic) bond motifs is 3. The molecule has 1 aliphatic heterocycles. The number of hydrogen-bond acceptors (Lipinski definition) is 1. The van der Waals surface area contributed by atoms with Gasteiger partial charge in [-0.3, -0.25) is 0 Å². The summed E-state index contributed by atoms with van der Waals surface area (Å²) in [5.41, 5.74) is 6.10. The molecule has 0 amide bonds. The molecule has 2 aromatic rings. The Bertz CT molecular complexity index is 604. The summed E-state index contributed by atoms with van der Waals surface area (Å²) in [6, 6.07) is 12.8. The van der Waals surface area contributed by atoms with Gasteiger partial charge in [0.05, 0.1) is 0 Å². The van der Waals surface area contributed by atoms with Crippen LogP contribution < -0.4 is 0 Å². The molecule has 0 bridgehead atoms. The molecule has 0 aliphatic carbocycles. The van der Waals surface area contributed by atoms with Gasteiger partial charge >= 0.3 is 0 Å². The van der Waals surface area contributed by atoms with E-state index in [4.69, 9.17) is 0 Å². The summed E-state index contributed by atoms with van der Waals surface area (Å²) < 4.78 is 12.3. The van der Waals surface area contributed by atoms with Crippen molar-refractivity contribution < 1.29 is 4.55 Å². The van der Waals surface area contributed by atoms with E-state index in [2.05, 4.69) is 50.2 Å². The monoisotopic (exact) mass is 256 g/mol. The Labute approximate surface area is 111 Å². The molecule has 0 fully saturated rings. The smallest absolute Gasteiger partial charge is 0.161 e. The summed E-state index contributed by atoms with van der Waals surface area (Å²) >= 11 is -0.897. The lowest BCUT2D eigenvalue weighted by atomic mass is 9.97. The topological polar surface area (TPSA) is 23.1 Å². The minimum atomic E-state index is -0.897. The van der Waals surface area contributed by atoms with Crippen molar-refractivity contribution in [3.8, 4) is 11.1 Å². The molecule has 92 valence electrons. The molecule has 2 aromatic carbocycles. The summed E-state index contributed by atoms with van der Waals surface area (Å²) in [6.45, 7) is 4.21. The van der Waals surface area contributed by atoms with Gasteiger partial charge in [0.1, 0.15) is 5.75 Å². The molecule has 18 heavy (non-hydrogen) atoms. The molecule has 1 aliphatic rings. The standard InChI is InChI=1S/C16H16OS/c1-3-12-5-7-15-14-6-4-11(2)8-13(14)10-18(17)16(15)9-12/h4-9H,3,10H2,1-2H3. The normalized spacial score (nSPS) is 17.2. The Morgan fingerprint density at radius 1 is 1.11 bits per heavy atom. The van der Waals surface area contributed by atoms with Crippen LogP contribution in [-0.4, -0.2) is 4.55 Å². The van der Waals surface area contributed by atoms with Gasteiger partial charge in [-0.05, 0) is 47.8 Å². The van der Waals surface area contributed by atoms with Crippen LogP contribution in [0.3, 0.4) is 0 Å². The van der Waals surface area contributed by atoms with Crippen molar-refractivity contribution in [1.82, 2.24) is 0 Å². The van der Waals surface area contributed by atoms with E-state index in [9.17, 15) is 4.55 Å². The van der Waals surface area contributed by atoms with E-state index in [1.54, 1.807) is 0 Å². The van der Waals surface area contributed by atoms with E-state index in [0.717, 1.165) is 16.9 Å². The first-order valence-electron chi connectivity index (χ1n) is 6.30. The highest BCUT2D eigenvalue weighted by Gasteiger charge is 2.26. The van der Waals surface area contributed by atoms with Crippen LogP contribution in [0, 0.1) is 6.92 Å². The molecule has 0 saturated heterocycles. The summed E-state index contributed by atoms with van der Waals surface area (Å²) in [6.07, 6.45) is 0.991. The third-order valence-electron chi connectivity index (χ3n) is 3.54. The van der Waals surface area contributed by atoms with E-state index in [-0.39, 0.29) is 0 Å². The Morgan fingerprint density at radius 2 is 1.89 bits per heavy atom. The fraction of sp³-hybridized carbons (Fsp3) is 0.250. The highest BCUT2D eigenvalue weighted by Crippen LogP contribution is 2.38. The van der Waals surface area contributed by atoms with Crippen LogP contribution >= 0.6 is 0 Å². The quantitative estimate of drug-likeness (QED) is 0.711. The second-order valence-electron chi connectivity index (χ2n) is 4.83. The van der Waals surface area contributed by atoms with Crippen molar-refractivity contribution in [2.75, 3.05) is 0 Å². The Morgan fingerprint density at radius 3 is 2.67 bits per heavy atom. The molecule has 1 atom stereocenters. The van der Waals surface area contributed by atoms with Gasteiger partial charge < -0.3 is 4.55 Å². The van der Waals surface area contributed by atoms with Gasteiger partial charge in [-0.15, -0.1) is 0 Å². The van der Waals surface area contributed by atoms with Crippen LogP contribution in [0.5, 0.6) is 0 Å². The van der Waals surface area contributed by atoms with Crippen molar-refractivity contribution in [2.45, 2.75) is 30.9 Å². The lowest BCUT2D eigenvalue weighted by Crippen LogP contribution is -2.13. The first-order chi connectivity index (χ1) is 8.69. The first-order valence-corrected chi connectivity index (χ1v) is 7.62. The molecule has 0 saturated carbocycles. The second kappa shape index (κ2) is 4.45. The van der Waals surface area contributed by atoms with Crippen molar-refractivity contribution in [3.63, 3.8) is 0 Å². The van der Waals surface area contributed by atoms with Crippen molar-refractivity contribution >= 4 is 11.2 Å². The lowest BCUT2D eigenvalue weighted by Gasteiger charge is -2.23. The Hall–Kier alpha value is -1.25. The second-order valence-corrected chi connectivity index (χ2v) is 6.25. The molecular weight excluding hydrogens is 240 g/mol. The van der Waals surface area contributed by atoms with Crippen LogP contribution in [0.15, 0.2) is 41.3 Å². The number of aryl methyl sites for hydroxylation is 2. The average Bonchev–Trinajstić information content (AvgIpc) is 2.38. The maximum atomic E-state index is 12.3. The van der Waals surface area contributed by atoms with Crippen LogP contribution in [0.2, 0.25) is 0 Å². The van der Waals surface area contributed by atoms with Crippen molar-refractivity contribution in [2.24, 2.45) is 0 Å². The third kappa shape index (κ3) is 1.86. The average molecular weight is 256 g/mol. The van der Waals surface area contributed by atoms with E-state index >= 15 is 0 Å².